The lowest BCUT2D eigenvalue weighted by atomic mass is 9.98. The molecule has 1 saturated heterocycles. The average molecular weight is 308 g/mol. The van der Waals surface area contributed by atoms with Crippen LogP contribution >= 0.6 is 11.3 Å². The fraction of sp³-hybridized carbons (Fsp3) is 0.769. The van der Waals surface area contributed by atoms with Gasteiger partial charge < -0.3 is 10.0 Å². The van der Waals surface area contributed by atoms with E-state index in [1.54, 1.807) is 4.90 Å². The zero-order valence-electron chi connectivity index (χ0n) is 11.4. The van der Waals surface area contributed by atoms with Crippen molar-refractivity contribution in [1.29, 1.82) is 0 Å². The van der Waals surface area contributed by atoms with E-state index in [2.05, 4.69) is 4.98 Å². The summed E-state index contributed by atoms with van der Waals surface area (Å²) in [5.74, 6) is -1.27. The number of anilines is 1. The molecule has 1 atom stereocenters. The molecule has 0 bridgehead atoms. The Morgan fingerprint density at radius 1 is 1.45 bits per heavy atom. The second-order valence-corrected chi connectivity index (χ2v) is 6.16. The number of hydrogen-bond donors (Lipinski definition) is 1. The lowest BCUT2D eigenvalue weighted by Crippen LogP contribution is -2.41. The molecular formula is C13H19F3N2OS. The summed E-state index contributed by atoms with van der Waals surface area (Å²) >= 11 is 1.32. The van der Waals surface area contributed by atoms with Gasteiger partial charge in [-0.2, -0.15) is 13.2 Å². The van der Waals surface area contributed by atoms with E-state index in [0.717, 1.165) is 23.4 Å². The first-order valence-electron chi connectivity index (χ1n) is 6.86. The first-order chi connectivity index (χ1) is 9.45. The third-order valence-electron chi connectivity index (χ3n) is 3.55. The zero-order valence-corrected chi connectivity index (χ0v) is 12.2. The van der Waals surface area contributed by atoms with Crippen molar-refractivity contribution in [3.63, 3.8) is 0 Å². The summed E-state index contributed by atoms with van der Waals surface area (Å²) in [6.45, 7) is 2.51. The topological polar surface area (TPSA) is 36.4 Å². The molecule has 1 unspecified atom stereocenters. The van der Waals surface area contributed by atoms with Gasteiger partial charge in [-0.3, -0.25) is 0 Å². The smallest absolute Gasteiger partial charge is 0.391 e. The third kappa shape index (κ3) is 3.44. The van der Waals surface area contributed by atoms with E-state index in [1.165, 1.54) is 11.3 Å². The highest BCUT2D eigenvalue weighted by Gasteiger charge is 2.42. The number of rotatable bonds is 4. The Labute approximate surface area is 120 Å². The Bertz CT molecular complexity index is 447. The number of aryl methyl sites for hydroxylation is 1. The number of halogens is 3. The summed E-state index contributed by atoms with van der Waals surface area (Å²) in [5, 5.41) is 9.93. The van der Waals surface area contributed by atoms with Crippen LogP contribution < -0.4 is 4.90 Å². The molecule has 1 aliphatic rings. The molecule has 1 aromatic heterocycles. The minimum absolute atomic E-state index is 0.0204. The Morgan fingerprint density at radius 3 is 2.80 bits per heavy atom. The highest BCUT2D eigenvalue weighted by atomic mass is 32.1. The minimum Gasteiger partial charge on any atom is -0.391 e. The number of alkyl halides is 3. The molecule has 2 heterocycles. The molecule has 0 amide bonds. The molecule has 114 valence electrons. The van der Waals surface area contributed by atoms with Crippen LogP contribution in [0.25, 0.3) is 0 Å². The van der Waals surface area contributed by atoms with Gasteiger partial charge in [-0.15, -0.1) is 0 Å². The normalized spacial score (nSPS) is 20.4. The number of thiazole rings is 1. The van der Waals surface area contributed by atoms with E-state index in [9.17, 15) is 18.3 Å². The number of nitrogens with zero attached hydrogens (tertiary/aromatic N) is 2. The van der Waals surface area contributed by atoms with Gasteiger partial charge >= 0.3 is 6.18 Å². The van der Waals surface area contributed by atoms with Crippen molar-refractivity contribution in [2.45, 2.75) is 45.4 Å². The molecule has 1 aliphatic heterocycles. The first kappa shape index (κ1) is 15.6. The lowest BCUT2D eigenvalue weighted by Gasteiger charge is -2.33. The Hall–Kier alpha value is -0.820. The van der Waals surface area contributed by atoms with Gasteiger partial charge in [-0.25, -0.2) is 4.98 Å². The van der Waals surface area contributed by atoms with Crippen molar-refractivity contribution in [3.8, 4) is 0 Å². The summed E-state index contributed by atoms with van der Waals surface area (Å²) < 4.78 is 38.5. The predicted octanol–water partition coefficient (Wildman–Crippen LogP) is 3.37. The fourth-order valence-corrected chi connectivity index (χ4v) is 3.48. The van der Waals surface area contributed by atoms with E-state index in [-0.39, 0.29) is 19.6 Å². The molecule has 3 nitrogen and oxygen atoms in total. The summed E-state index contributed by atoms with van der Waals surface area (Å²) in [4.78, 5) is 6.92. The molecule has 0 aliphatic carbocycles. The van der Waals surface area contributed by atoms with Crippen LogP contribution in [0.15, 0.2) is 0 Å². The zero-order chi connectivity index (χ0) is 14.8. The van der Waals surface area contributed by atoms with Gasteiger partial charge in [0.15, 0.2) is 5.13 Å². The first-order valence-corrected chi connectivity index (χ1v) is 7.68. The summed E-state index contributed by atoms with van der Waals surface area (Å²) in [6.07, 6.45) is -1.76. The molecule has 7 heteroatoms. The fourth-order valence-electron chi connectivity index (χ4n) is 2.48. The summed E-state index contributed by atoms with van der Waals surface area (Å²) in [6, 6.07) is 0. The maximum absolute atomic E-state index is 12.8. The predicted molar refractivity (Wildman–Crippen MR) is 73.0 cm³/mol. The SMILES string of the molecule is CCCc1nc(N2CCCC(C(F)(F)F)C2)sc1CO. The molecular weight excluding hydrogens is 289 g/mol. The van der Waals surface area contributed by atoms with Crippen LogP contribution in [0.1, 0.15) is 36.8 Å². The van der Waals surface area contributed by atoms with Crippen molar-refractivity contribution in [3.05, 3.63) is 10.6 Å². The molecule has 1 fully saturated rings. The van der Waals surface area contributed by atoms with Gasteiger partial charge in [0.25, 0.3) is 0 Å². The van der Waals surface area contributed by atoms with Crippen LogP contribution in [0, 0.1) is 5.92 Å². The van der Waals surface area contributed by atoms with Crippen molar-refractivity contribution in [1.82, 2.24) is 4.98 Å². The number of piperidine rings is 1. The quantitative estimate of drug-likeness (QED) is 0.926. The number of aromatic nitrogens is 1. The number of hydrogen-bond acceptors (Lipinski definition) is 4. The second-order valence-electron chi connectivity index (χ2n) is 5.10. The lowest BCUT2D eigenvalue weighted by molar-refractivity contribution is -0.175. The molecule has 20 heavy (non-hydrogen) atoms. The van der Waals surface area contributed by atoms with Crippen molar-refractivity contribution < 1.29 is 18.3 Å². The Kier molecular flexibility index (Phi) is 4.90. The maximum Gasteiger partial charge on any atom is 0.393 e. The van der Waals surface area contributed by atoms with Gasteiger partial charge in [0, 0.05) is 13.1 Å². The second kappa shape index (κ2) is 6.30. The average Bonchev–Trinajstić information content (AvgIpc) is 2.82. The standard InChI is InChI=1S/C13H19F3N2OS/c1-2-4-10-11(8-19)20-12(17-10)18-6-3-5-9(7-18)13(14,15)16/h9,19H,2-8H2,1H3. The van der Waals surface area contributed by atoms with Gasteiger partial charge in [-0.1, -0.05) is 24.7 Å². The van der Waals surface area contributed by atoms with Gasteiger partial charge in [0.2, 0.25) is 0 Å². The van der Waals surface area contributed by atoms with Gasteiger partial charge in [0.1, 0.15) is 0 Å². The third-order valence-corrected chi connectivity index (χ3v) is 4.70. The molecule has 1 N–H and O–H groups in total. The highest BCUT2D eigenvalue weighted by Crippen LogP contribution is 2.36. The van der Waals surface area contributed by atoms with Gasteiger partial charge in [-0.05, 0) is 19.3 Å². The number of aliphatic hydroxyl groups is 1. The molecule has 0 radical (unpaired) electrons. The summed E-state index contributed by atoms with van der Waals surface area (Å²) in [7, 11) is 0. The van der Waals surface area contributed by atoms with E-state index < -0.39 is 12.1 Å². The van der Waals surface area contributed by atoms with Crippen LogP contribution in [0.4, 0.5) is 18.3 Å². The van der Waals surface area contributed by atoms with Crippen LogP contribution in [0.3, 0.4) is 0 Å². The maximum atomic E-state index is 12.8. The van der Waals surface area contributed by atoms with Crippen LogP contribution in [0.5, 0.6) is 0 Å². The van der Waals surface area contributed by atoms with Crippen LogP contribution in [-0.4, -0.2) is 29.4 Å². The Morgan fingerprint density at radius 2 is 2.20 bits per heavy atom. The molecule has 2 rings (SSSR count). The van der Waals surface area contributed by atoms with Crippen LogP contribution in [-0.2, 0) is 13.0 Å². The van der Waals surface area contributed by atoms with E-state index in [4.69, 9.17) is 0 Å². The summed E-state index contributed by atoms with van der Waals surface area (Å²) in [5.41, 5.74) is 0.823. The van der Waals surface area contributed by atoms with E-state index in [0.29, 0.717) is 18.1 Å². The molecule has 0 spiro atoms. The van der Waals surface area contributed by atoms with Crippen molar-refractivity contribution in [2.24, 2.45) is 5.92 Å². The van der Waals surface area contributed by atoms with Crippen LogP contribution in [0.2, 0.25) is 0 Å². The minimum atomic E-state index is -4.14. The monoisotopic (exact) mass is 308 g/mol. The molecule has 0 aromatic carbocycles. The van der Waals surface area contributed by atoms with E-state index >= 15 is 0 Å². The highest BCUT2D eigenvalue weighted by molar-refractivity contribution is 7.15. The molecule has 1 aromatic rings. The largest absolute Gasteiger partial charge is 0.393 e. The number of aliphatic hydroxyl groups excluding tert-OH is 1. The Balaban J connectivity index is 2.14. The van der Waals surface area contributed by atoms with Gasteiger partial charge in [0.05, 0.1) is 23.1 Å². The van der Waals surface area contributed by atoms with E-state index in [1.807, 2.05) is 6.92 Å². The van der Waals surface area contributed by atoms with Crippen molar-refractivity contribution in [2.75, 3.05) is 18.0 Å². The molecule has 0 saturated carbocycles. The van der Waals surface area contributed by atoms with Crippen molar-refractivity contribution >= 4 is 16.5 Å².